The summed E-state index contributed by atoms with van der Waals surface area (Å²) in [6, 6.07) is 4.59. The van der Waals surface area contributed by atoms with Gasteiger partial charge in [-0.3, -0.25) is 0 Å². The molecule has 0 bridgehead atoms. The summed E-state index contributed by atoms with van der Waals surface area (Å²) in [5.74, 6) is 0. The molecule has 1 rings (SSSR count). The number of sulfone groups is 1. The Morgan fingerprint density at radius 2 is 2.12 bits per heavy atom. The van der Waals surface area contributed by atoms with Crippen molar-refractivity contribution in [2.45, 2.75) is 17.9 Å². The SMILES string of the molecule is CC(CN)Nc1cc(S(C)(=O)=O)ccc1Cl. The van der Waals surface area contributed by atoms with Gasteiger partial charge in [0.25, 0.3) is 0 Å². The molecule has 0 aliphatic rings. The fraction of sp³-hybridized carbons (Fsp3) is 0.400. The lowest BCUT2D eigenvalue weighted by molar-refractivity contribution is 0.602. The average Bonchev–Trinajstić information content (AvgIpc) is 2.19. The van der Waals surface area contributed by atoms with Crippen LogP contribution in [0.15, 0.2) is 23.1 Å². The molecule has 1 aromatic rings. The molecule has 1 atom stereocenters. The molecule has 0 radical (unpaired) electrons. The van der Waals surface area contributed by atoms with E-state index in [2.05, 4.69) is 5.32 Å². The van der Waals surface area contributed by atoms with Gasteiger partial charge in [0.15, 0.2) is 9.84 Å². The highest BCUT2D eigenvalue weighted by Crippen LogP contribution is 2.25. The minimum atomic E-state index is -3.21. The zero-order valence-corrected chi connectivity index (χ0v) is 10.8. The number of benzene rings is 1. The Kier molecular flexibility index (Phi) is 4.18. The van der Waals surface area contributed by atoms with Crippen molar-refractivity contribution in [3.8, 4) is 0 Å². The first-order valence-corrected chi connectivity index (χ1v) is 7.07. The summed E-state index contributed by atoms with van der Waals surface area (Å²) >= 11 is 5.95. The van der Waals surface area contributed by atoms with Crippen molar-refractivity contribution >= 4 is 27.1 Å². The van der Waals surface area contributed by atoms with E-state index in [-0.39, 0.29) is 10.9 Å². The van der Waals surface area contributed by atoms with Gasteiger partial charge in [0.2, 0.25) is 0 Å². The zero-order chi connectivity index (χ0) is 12.3. The van der Waals surface area contributed by atoms with E-state index in [1.54, 1.807) is 6.07 Å². The van der Waals surface area contributed by atoms with Crippen molar-refractivity contribution in [2.24, 2.45) is 5.73 Å². The third kappa shape index (κ3) is 3.37. The maximum absolute atomic E-state index is 11.4. The second kappa shape index (κ2) is 5.03. The van der Waals surface area contributed by atoms with Crippen LogP contribution in [0.1, 0.15) is 6.92 Å². The molecule has 3 N–H and O–H groups in total. The van der Waals surface area contributed by atoms with Crippen LogP contribution in [0.3, 0.4) is 0 Å². The van der Waals surface area contributed by atoms with E-state index in [4.69, 9.17) is 17.3 Å². The van der Waals surface area contributed by atoms with E-state index in [9.17, 15) is 8.42 Å². The third-order valence-corrected chi connectivity index (χ3v) is 3.56. The van der Waals surface area contributed by atoms with Crippen LogP contribution in [0.2, 0.25) is 5.02 Å². The number of halogens is 1. The van der Waals surface area contributed by atoms with Crippen LogP contribution in [-0.2, 0) is 9.84 Å². The second-order valence-electron chi connectivity index (χ2n) is 3.69. The van der Waals surface area contributed by atoms with Crippen molar-refractivity contribution < 1.29 is 8.42 Å². The Labute approximate surface area is 101 Å². The predicted octanol–water partition coefficient (Wildman–Crippen LogP) is 1.50. The highest BCUT2D eigenvalue weighted by atomic mass is 35.5. The summed E-state index contributed by atoms with van der Waals surface area (Å²) in [4.78, 5) is 0.239. The Morgan fingerprint density at radius 3 is 2.62 bits per heavy atom. The summed E-state index contributed by atoms with van der Waals surface area (Å²) in [5, 5.41) is 3.53. The summed E-state index contributed by atoms with van der Waals surface area (Å²) in [7, 11) is -3.21. The fourth-order valence-electron chi connectivity index (χ4n) is 1.17. The molecular formula is C10H15ClN2O2S. The average molecular weight is 263 g/mol. The van der Waals surface area contributed by atoms with Gasteiger partial charge in [0, 0.05) is 18.8 Å². The minimum absolute atomic E-state index is 0.0345. The van der Waals surface area contributed by atoms with Crippen molar-refractivity contribution in [3.05, 3.63) is 23.2 Å². The topological polar surface area (TPSA) is 72.2 Å². The number of hydrogen-bond acceptors (Lipinski definition) is 4. The van der Waals surface area contributed by atoms with Crippen molar-refractivity contribution in [2.75, 3.05) is 18.1 Å². The Hall–Kier alpha value is -0.780. The maximum Gasteiger partial charge on any atom is 0.175 e. The van der Waals surface area contributed by atoms with Gasteiger partial charge in [-0.05, 0) is 25.1 Å². The molecule has 0 amide bonds. The number of nitrogens with two attached hydrogens (primary N) is 1. The molecule has 16 heavy (non-hydrogen) atoms. The van der Waals surface area contributed by atoms with Gasteiger partial charge in [0.05, 0.1) is 15.6 Å². The van der Waals surface area contributed by atoms with Gasteiger partial charge in [-0.2, -0.15) is 0 Å². The predicted molar refractivity (Wildman–Crippen MR) is 66.7 cm³/mol. The highest BCUT2D eigenvalue weighted by molar-refractivity contribution is 7.90. The second-order valence-corrected chi connectivity index (χ2v) is 6.12. The molecule has 0 saturated carbocycles. The normalized spacial score (nSPS) is 13.5. The number of hydrogen-bond donors (Lipinski definition) is 2. The van der Waals surface area contributed by atoms with E-state index in [1.807, 2.05) is 6.92 Å². The highest BCUT2D eigenvalue weighted by Gasteiger charge is 2.11. The molecule has 0 spiro atoms. The number of nitrogens with one attached hydrogen (secondary N) is 1. The summed E-state index contributed by atoms with van der Waals surface area (Å²) in [6.45, 7) is 2.34. The number of rotatable bonds is 4. The molecule has 0 fully saturated rings. The molecule has 6 heteroatoms. The minimum Gasteiger partial charge on any atom is -0.380 e. The molecule has 90 valence electrons. The van der Waals surface area contributed by atoms with Gasteiger partial charge in [-0.1, -0.05) is 11.6 Å². The lowest BCUT2D eigenvalue weighted by Crippen LogP contribution is -2.25. The molecule has 0 heterocycles. The smallest absolute Gasteiger partial charge is 0.175 e. The van der Waals surface area contributed by atoms with Gasteiger partial charge < -0.3 is 11.1 Å². The molecule has 0 aliphatic heterocycles. The monoisotopic (exact) mass is 262 g/mol. The summed E-state index contributed by atoms with van der Waals surface area (Å²) in [6.07, 6.45) is 1.16. The first kappa shape index (κ1) is 13.3. The molecule has 4 nitrogen and oxygen atoms in total. The third-order valence-electron chi connectivity index (χ3n) is 2.12. The van der Waals surface area contributed by atoms with Gasteiger partial charge >= 0.3 is 0 Å². The molecule has 1 aromatic carbocycles. The summed E-state index contributed by atoms with van der Waals surface area (Å²) < 4.78 is 22.7. The maximum atomic E-state index is 11.4. The largest absolute Gasteiger partial charge is 0.380 e. The van der Waals surface area contributed by atoms with Crippen LogP contribution >= 0.6 is 11.6 Å². The Morgan fingerprint density at radius 1 is 1.50 bits per heavy atom. The Balaban J connectivity index is 3.09. The van der Waals surface area contributed by atoms with Gasteiger partial charge in [0.1, 0.15) is 0 Å². The molecular weight excluding hydrogens is 248 g/mol. The lowest BCUT2D eigenvalue weighted by atomic mass is 10.2. The quantitative estimate of drug-likeness (QED) is 0.863. The zero-order valence-electron chi connectivity index (χ0n) is 9.20. The lowest BCUT2D eigenvalue weighted by Gasteiger charge is -2.14. The van der Waals surface area contributed by atoms with Crippen LogP contribution in [0.4, 0.5) is 5.69 Å². The first-order valence-electron chi connectivity index (χ1n) is 4.81. The standard InChI is InChI=1S/C10H15ClN2O2S/c1-7(6-12)13-10-5-8(16(2,14)15)3-4-9(10)11/h3-5,7,13H,6,12H2,1-2H3. The van der Waals surface area contributed by atoms with Crippen molar-refractivity contribution in [1.82, 2.24) is 0 Å². The number of anilines is 1. The summed E-state index contributed by atoms with van der Waals surface area (Å²) in [5.41, 5.74) is 6.06. The van der Waals surface area contributed by atoms with Crippen LogP contribution in [0.5, 0.6) is 0 Å². The van der Waals surface area contributed by atoms with Gasteiger partial charge in [-0.15, -0.1) is 0 Å². The van der Waals surface area contributed by atoms with Crippen molar-refractivity contribution in [1.29, 1.82) is 0 Å². The molecule has 0 saturated heterocycles. The molecule has 1 unspecified atom stereocenters. The van der Waals surface area contributed by atoms with Gasteiger partial charge in [-0.25, -0.2) is 8.42 Å². The van der Waals surface area contributed by atoms with E-state index in [0.717, 1.165) is 6.26 Å². The first-order chi connectivity index (χ1) is 7.34. The van der Waals surface area contributed by atoms with Crippen LogP contribution < -0.4 is 11.1 Å². The molecule has 0 aliphatic carbocycles. The van der Waals surface area contributed by atoms with E-state index in [0.29, 0.717) is 17.3 Å². The Bertz CT molecular complexity index is 474. The van der Waals surface area contributed by atoms with Crippen LogP contribution in [0.25, 0.3) is 0 Å². The van der Waals surface area contributed by atoms with E-state index in [1.165, 1.54) is 12.1 Å². The van der Waals surface area contributed by atoms with Crippen LogP contribution in [-0.4, -0.2) is 27.3 Å². The van der Waals surface area contributed by atoms with Crippen LogP contribution in [0, 0.1) is 0 Å². The van der Waals surface area contributed by atoms with E-state index >= 15 is 0 Å². The van der Waals surface area contributed by atoms with Crippen molar-refractivity contribution in [3.63, 3.8) is 0 Å². The fourth-order valence-corrected chi connectivity index (χ4v) is 1.99. The van der Waals surface area contributed by atoms with E-state index < -0.39 is 9.84 Å². The molecule has 0 aromatic heterocycles.